The molecular formula is C18H21NO6. The molecule has 25 heavy (non-hydrogen) atoms. The highest BCUT2D eigenvalue weighted by atomic mass is 16.6. The van der Waals surface area contributed by atoms with Crippen molar-refractivity contribution in [3.8, 4) is 5.75 Å². The molecule has 1 atom stereocenters. The molecule has 0 aliphatic rings. The number of carbonyl (C=O) groups excluding carboxylic acids is 2. The molecule has 2 aromatic rings. The Kier molecular flexibility index (Phi) is 6.30. The van der Waals surface area contributed by atoms with Crippen molar-refractivity contribution in [2.75, 3.05) is 20.3 Å². The molecule has 134 valence electrons. The monoisotopic (exact) mass is 347 g/mol. The lowest BCUT2D eigenvalue weighted by atomic mass is 9.98. The molecule has 0 unspecified atom stereocenters. The van der Waals surface area contributed by atoms with E-state index in [4.69, 9.17) is 14.2 Å². The van der Waals surface area contributed by atoms with Gasteiger partial charge < -0.3 is 19.3 Å². The third-order valence-corrected chi connectivity index (χ3v) is 3.65. The number of aromatic nitrogens is 1. The lowest BCUT2D eigenvalue weighted by Gasteiger charge is -2.23. The van der Waals surface area contributed by atoms with Crippen molar-refractivity contribution < 1.29 is 28.9 Å². The van der Waals surface area contributed by atoms with Crippen LogP contribution in [0.4, 0.5) is 0 Å². The van der Waals surface area contributed by atoms with E-state index in [0.29, 0.717) is 11.2 Å². The van der Waals surface area contributed by atoms with Gasteiger partial charge in [-0.15, -0.1) is 0 Å². The maximum absolute atomic E-state index is 12.3. The van der Waals surface area contributed by atoms with Gasteiger partial charge in [-0.05, 0) is 26.0 Å². The molecule has 0 saturated heterocycles. The fourth-order valence-corrected chi connectivity index (χ4v) is 2.54. The number of phenols is 1. The summed E-state index contributed by atoms with van der Waals surface area (Å²) in [6, 6.07) is 8.38. The number of hydrogen-bond acceptors (Lipinski definition) is 7. The highest BCUT2D eigenvalue weighted by Crippen LogP contribution is 2.30. The molecule has 1 aromatic heterocycles. The Morgan fingerprint density at radius 3 is 2.28 bits per heavy atom. The van der Waals surface area contributed by atoms with E-state index in [1.165, 1.54) is 13.2 Å². The summed E-state index contributed by atoms with van der Waals surface area (Å²) in [6.07, 6.45) is -0.998. The van der Waals surface area contributed by atoms with Gasteiger partial charge in [-0.25, -0.2) is 4.98 Å². The normalized spacial score (nSPS) is 12.2. The number of phenolic OH excluding ortho intramolecular Hbond substituents is 1. The van der Waals surface area contributed by atoms with Crippen molar-refractivity contribution in [3.63, 3.8) is 0 Å². The van der Waals surface area contributed by atoms with E-state index < -0.39 is 24.0 Å². The first-order valence-corrected chi connectivity index (χ1v) is 7.98. The van der Waals surface area contributed by atoms with Crippen LogP contribution in [0.1, 0.15) is 25.6 Å². The van der Waals surface area contributed by atoms with Gasteiger partial charge in [0.15, 0.2) is 5.92 Å². The van der Waals surface area contributed by atoms with Gasteiger partial charge in [-0.1, -0.05) is 18.2 Å². The van der Waals surface area contributed by atoms with Crippen LogP contribution < -0.4 is 0 Å². The van der Waals surface area contributed by atoms with Gasteiger partial charge in [0.05, 0.1) is 18.9 Å². The Morgan fingerprint density at radius 2 is 1.72 bits per heavy atom. The molecule has 2 rings (SSSR count). The molecule has 7 heteroatoms. The molecule has 0 bridgehead atoms. The fourth-order valence-electron chi connectivity index (χ4n) is 2.54. The number of hydrogen-bond donors (Lipinski definition) is 1. The first-order chi connectivity index (χ1) is 12.0. The summed E-state index contributed by atoms with van der Waals surface area (Å²) in [4.78, 5) is 28.9. The molecule has 7 nitrogen and oxygen atoms in total. The predicted molar refractivity (Wildman–Crippen MR) is 89.9 cm³/mol. The molecule has 1 aromatic carbocycles. The smallest absolute Gasteiger partial charge is 0.323 e. The van der Waals surface area contributed by atoms with E-state index in [2.05, 4.69) is 4.98 Å². The summed E-state index contributed by atoms with van der Waals surface area (Å²) in [5, 5.41) is 10.7. The third-order valence-electron chi connectivity index (χ3n) is 3.65. The number of methoxy groups -OCH3 is 1. The van der Waals surface area contributed by atoms with Crippen molar-refractivity contribution in [1.82, 2.24) is 4.98 Å². The highest BCUT2D eigenvalue weighted by molar-refractivity contribution is 5.96. The van der Waals surface area contributed by atoms with Crippen LogP contribution in [0.5, 0.6) is 5.75 Å². The Bertz CT molecular complexity index is 742. The first-order valence-electron chi connectivity index (χ1n) is 7.98. The number of para-hydroxylation sites is 1. The lowest BCUT2D eigenvalue weighted by molar-refractivity contribution is -0.168. The van der Waals surface area contributed by atoms with Crippen molar-refractivity contribution in [3.05, 3.63) is 36.0 Å². The SMILES string of the molecule is CCOC(=O)C(C(=O)OCC)[C@H](OC)c1ccc2cccc(O)c2n1. The molecule has 1 heterocycles. The minimum atomic E-state index is -1.30. The van der Waals surface area contributed by atoms with Gasteiger partial charge >= 0.3 is 11.9 Å². The van der Waals surface area contributed by atoms with Crippen molar-refractivity contribution in [2.45, 2.75) is 20.0 Å². The Morgan fingerprint density at radius 1 is 1.08 bits per heavy atom. The maximum Gasteiger partial charge on any atom is 0.323 e. The van der Waals surface area contributed by atoms with Crippen LogP contribution in [-0.4, -0.2) is 42.4 Å². The number of pyridine rings is 1. The van der Waals surface area contributed by atoms with Gasteiger partial charge in [0.25, 0.3) is 0 Å². The van der Waals surface area contributed by atoms with Crippen LogP contribution in [0.15, 0.2) is 30.3 Å². The number of rotatable bonds is 7. The van der Waals surface area contributed by atoms with E-state index in [-0.39, 0.29) is 19.0 Å². The van der Waals surface area contributed by atoms with E-state index in [1.54, 1.807) is 38.1 Å². The fraction of sp³-hybridized carbons (Fsp3) is 0.389. The van der Waals surface area contributed by atoms with E-state index in [0.717, 1.165) is 5.39 Å². The van der Waals surface area contributed by atoms with Crippen LogP contribution >= 0.6 is 0 Å². The minimum absolute atomic E-state index is 0.00183. The molecule has 1 N–H and O–H groups in total. The van der Waals surface area contributed by atoms with Crippen LogP contribution in [0, 0.1) is 5.92 Å². The summed E-state index contributed by atoms with van der Waals surface area (Å²) in [5.41, 5.74) is 0.677. The van der Waals surface area contributed by atoms with Crippen LogP contribution in [-0.2, 0) is 23.8 Å². The lowest BCUT2D eigenvalue weighted by Crippen LogP contribution is -2.34. The molecule has 0 amide bonds. The second kappa shape index (κ2) is 8.43. The number of fused-ring (bicyclic) bond motifs is 1. The predicted octanol–water partition coefficient (Wildman–Crippen LogP) is 2.37. The molecule has 0 spiro atoms. The molecular weight excluding hydrogens is 326 g/mol. The van der Waals surface area contributed by atoms with Crippen LogP contribution in [0.2, 0.25) is 0 Å². The van der Waals surface area contributed by atoms with Gasteiger partial charge in [0.2, 0.25) is 0 Å². The van der Waals surface area contributed by atoms with Gasteiger partial charge in [0, 0.05) is 12.5 Å². The largest absolute Gasteiger partial charge is 0.506 e. The number of esters is 2. The second-order valence-corrected chi connectivity index (χ2v) is 5.22. The highest BCUT2D eigenvalue weighted by Gasteiger charge is 2.39. The zero-order valence-corrected chi connectivity index (χ0v) is 14.4. The van der Waals surface area contributed by atoms with Gasteiger partial charge in [0.1, 0.15) is 17.4 Å². The average Bonchev–Trinajstić information content (AvgIpc) is 2.60. The van der Waals surface area contributed by atoms with Crippen LogP contribution in [0.25, 0.3) is 10.9 Å². The Hall–Kier alpha value is -2.67. The molecule has 0 aliphatic heterocycles. The van der Waals surface area contributed by atoms with E-state index >= 15 is 0 Å². The molecule has 0 aliphatic carbocycles. The maximum atomic E-state index is 12.3. The topological polar surface area (TPSA) is 95.0 Å². The third kappa shape index (κ3) is 4.06. The van der Waals surface area contributed by atoms with Gasteiger partial charge in [-0.3, -0.25) is 9.59 Å². The Balaban J connectivity index is 2.48. The summed E-state index contributed by atoms with van der Waals surface area (Å²) < 4.78 is 15.4. The van der Waals surface area contributed by atoms with Crippen LogP contribution in [0.3, 0.4) is 0 Å². The standard InChI is InChI=1S/C18H21NO6/c1-4-24-17(21)14(18(22)25-5-2)16(23-3)12-10-9-11-7-6-8-13(20)15(11)19-12/h6-10,14,16,20H,4-5H2,1-3H3/t16-/m1/s1. The number of aromatic hydroxyl groups is 1. The zero-order chi connectivity index (χ0) is 18.4. The number of ether oxygens (including phenoxy) is 3. The van der Waals surface area contributed by atoms with Crippen molar-refractivity contribution in [1.29, 1.82) is 0 Å². The zero-order valence-electron chi connectivity index (χ0n) is 14.4. The molecule has 0 fully saturated rings. The first kappa shape index (κ1) is 18.7. The second-order valence-electron chi connectivity index (χ2n) is 5.22. The summed E-state index contributed by atoms with van der Waals surface area (Å²) >= 11 is 0. The molecule has 0 radical (unpaired) electrons. The number of nitrogens with zero attached hydrogens (tertiary/aromatic N) is 1. The van der Waals surface area contributed by atoms with Crippen molar-refractivity contribution in [2.24, 2.45) is 5.92 Å². The number of carbonyl (C=O) groups is 2. The summed E-state index contributed by atoms with van der Waals surface area (Å²) in [6.45, 7) is 3.54. The van der Waals surface area contributed by atoms with Crippen molar-refractivity contribution >= 4 is 22.8 Å². The summed E-state index contributed by atoms with van der Waals surface area (Å²) in [7, 11) is 1.37. The van der Waals surface area contributed by atoms with Gasteiger partial charge in [-0.2, -0.15) is 0 Å². The minimum Gasteiger partial charge on any atom is -0.506 e. The molecule has 0 saturated carbocycles. The summed E-state index contributed by atoms with van der Waals surface area (Å²) in [5.74, 6) is -2.79. The average molecular weight is 347 g/mol. The van der Waals surface area contributed by atoms with E-state index in [1.807, 2.05) is 0 Å². The number of benzene rings is 1. The quantitative estimate of drug-likeness (QED) is 0.607. The Labute approximate surface area is 145 Å². The van der Waals surface area contributed by atoms with E-state index in [9.17, 15) is 14.7 Å².